The van der Waals surface area contributed by atoms with Gasteiger partial charge in [0.05, 0.1) is 0 Å². The van der Waals surface area contributed by atoms with Crippen LogP contribution in [0.1, 0.15) is 34.6 Å². The SMILES string of the molecule is CC(C)C(=O)C(NC(=O)C(F)(F)F)C(=O)OC(C)(C)C. The van der Waals surface area contributed by atoms with Gasteiger partial charge in [-0.1, -0.05) is 13.8 Å². The van der Waals surface area contributed by atoms with E-state index in [2.05, 4.69) is 0 Å². The first-order valence-electron chi connectivity index (χ1n) is 5.90. The van der Waals surface area contributed by atoms with Crippen LogP contribution in [0.5, 0.6) is 0 Å². The second kappa shape index (κ2) is 6.23. The minimum Gasteiger partial charge on any atom is -0.458 e. The Morgan fingerprint density at radius 3 is 1.80 bits per heavy atom. The molecule has 1 unspecified atom stereocenters. The summed E-state index contributed by atoms with van der Waals surface area (Å²) in [7, 11) is 0. The van der Waals surface area contributed by atoms with Crippen molar-refractivity contribution in [1.82, 2.24) is 5.32 Å². The van der Waals surface area contributed by atoms with Crippen molar-refractivity contribution in [3.05, 3.63) is 0 Å². The van der Waals surface area contributed by atoms with E-state index in [1.165, 1.54) is 39.9 Å². The molecule has 20 heavy (non-hydrogen) atoms. The highest BCUT2D eigenvalue weighted by Crippen LogP contribution is 2.16. The highest BCUT2D eigenvalue weighted by molar-refractivity contribution is 6.07. The number of hydrogen-bond donors (Lipinski definition) is 1. The Labute approximate surface area is 114 Å². The molecule has 0 aliphatic carbocycles. The third kappa shape index (κ3) is 6.03. The van der Waals surface area contributed by atoms with Gasteiger partial charge in [0.15, 0.2) is 11.8 Å². The fourth-order valence-electron chi connectivity index (χ4n) is 1.15. The molecule has 1 amide bonds. The van der Waals surface area contributed by atoms with Gasteiger partial charge >= 0.3 is 18.1 Å². The number of ketones is 1. The van der Waals surface area contributed by atoms with Gasteiger partial charge < -0.3 is 10.1 Å². The Balaban J connectivity index is 5.16. The van der Waals surface area contributed by atoms with Crippen LogP contribution in [0.15, 0.2) is 0 Å². The van der Waals surface area contributed by atoms with Crippen molar-refractivity contribution in [3.8, 4) is 0 Å². The zero-order chi connectivity index (χ0) is 16.3. The molecule has 0 bridgehead atoms. The van der Waals surface area contributed by atoms with Gasteiger partial charge in [-0.15, -0.1) is 0 Å². The maximum Gasteiger partial charge on any atom is 0.471 e. The Morgan fingerprint density at radius 1 is 1.05 bits per heavy atom. The van der Waals surface area contributed by atoms with Crippen LogP contribution in [-0.4, -0.2) is 35.5 Å². The maximum atomic E-state index is 12.2. The number of rotatable bonds is 4. The first-order chi connectivity index (χ1) is 8.75. The zero-order valence-corrected chi connectivity index (χ0v) is 11.9. The third-order valence-corrected chi connectivity index (χ3v) is 2.03. The maximum absolute atomic E-state index is 12.2. The van der Waals surface area contributed by atoms with Crippen molar-refractivity contribution < 1.29 is 32.3 Å². The zero-order valence-electron chi connectivity index (χ0n) is 11.9. The normalized spacial score (nSPS) is 13.8. The number of nitrogens with one attached hydrogen (secondary N) is 1. The van der Waals surface area contributed by atoms with E-state index in [9.17, 15) is 27.6 Å². The van der Waals surface area contributed by atoms with E-state index >= 15 is 0 Å². The van der Waals surface area contributed by atoms with E-state index in [4.69, 9.17) is 4.74 Å². The molecule has 0 aromatic heterocycles. The number of esters is 1. The van der Waals surface area contributed by atoms with Crippen LogP contribution in [-0.2, 0) is 19.1 Å². The van der Waals surface area contributed by atoms with Crippen molar-refractivity contribution in [2.75, 3.05) is 0 Å². The smallest absolute Gasteiger partial charge is 0.458 e. The predicted molar refractivity (Wildman–Crippen MR) is 63.7 cm³/mol. The van der Waals surface area contributed by atoms with E-state index in [-0.39, 0.29) is 0 Å². The fourth-order valence-corrected chi connectivity index (χ4v) is 1.15. The summed E-state index contributed by atoms with van der Waals surface area (Å²) >= 11 is 0. The molecule has 0 saturated carbocycles. The topological polar surface area (TPSA) is 72.5 Å². The highest BCUT2D eigenvalue weighted by atomic mass is 19.4. The summed E-state index contributed by atoms with van der Waals surface area (Å²) in [4.78, 5) is 34.4. The number of amides is 1. The molecule has 0 rings (SSSR count). The number of halogens is 3. The van der Waals surface area contributed by atoms with Crippen LogP contribution < -0.4 is 5.32 Å². The average Bonchev–Trinajstić information content (AvgIpc) is 2.20. The molecule has 8 heteroatoms. The Hall–Kier alpha value is -1.60. The summed E-state index contributed by atoms with van der Waals surface area (Å²) in [5, 5.41) is 1.37. The monoisotopic (exact) mass is 297 g/mol. The Bertz CT molecular complexity index is 396. The highest BCUT2D eigenvalue weighted by Gasteiger charge is 2.43. The quantitative estimate of drug-likeness (QED) is 0.632. The third-order valence-electron chi connectivity index (χ3n) is 2.03. The van der Waals surface area contributed by atoms with Gasteiger partial charge in [0.25, 0.3) is 0 Å². The van der Waals surface area contributed by atoms with E-state index in [0.29, 0.717) is 0 Å². The van der Waals surface area contributed by atoms with Gasteiger partial charge in [0, 0.05) is 5.92 Å². The van der Waals surface area contributed by atoms with Crippen LogP contribution in [0.2, 0.25) is 0 Å². The number of ether oxygens (including phenoxy) is 1. The number of Topliss-reactive ketones (excluding diaryl/α,β-unsaturated/α-hetero) is 1. The lowest BCUT2D eigenvalue weighted by molar-refractivity contribution is -0.177. The molecule has 0 aliphatic rings. The van der Waals surface area contributed by atoms with Gasteiger partial charge in [-0.2, -0.15) is 13.2 Å². The molecule has 0 spiro atoms. The van der Waals surface area contributed by atoms with Gasteiger partial charge in [-0.05, 0) is 20.8 Å². The summed E-state index contributed by atoms with van der Waals surface area (Å²) in [6, 6.07) is -1.97. The second-order valence-corrected chi connectivity index (χ2v) is 5.49. The molecule has 0 aromatic rings. The van der Waals surface area contributed by atoms with Crippen molar-refractivity contribution in [3.63, 3.8) is 0 Å². The lowest BCUT2D eigenvalue weighted by Gasteiger charge is -2.25. The van der Waals surface area contributed by atoms with Crippen LogP contribution in [0.25, 0.3) is 0 Å². The minimum absolute atomic E-state index is 0.735. The summed E-state index contributed by atoms with van der Waals surface area (Å²) in [5.74, 6) is -5.16. The number of carbonyl (C=O) groups is 3. The Kier molecular flexibility index (Phi) is 5.73. The molecule has 116 valence electrons. The number of carbonyl (C=O) groups excluding carboxylic acids is 3. The average molecular weight is 297 g/mol. The van der Waals surface area contributed by atoms with Gasteiger partial charge in [-0.3, -0.25) is 9.59 Å². The summed E-state index contributed by atoms with van der Waals surface area (Å²) in [6.45, 7) is 7.28. The number of hydrogen-bond acceptors (Lipinski definition) is 4. The lowest BCUT2D eigenvalue weighted by atomic mass is 10.0. The van der Waals surface area contributed by atoms with E-state index in [1.54, 1.807) is 0 Å². The molecule has 1 N–H and O–H groups in total. The van der Waals surface area contributed by atoms with Gasteiger partial charge in [-0.25, -0.2) is 4.79 Å². The molecule has 1 atom stereocenters. The first-order valence-corrected chi connectivity index (χ1v) is 5.90. The molecule has 0 fully saturated rings. The Morgan fingerprint density at radius 2 is 1.50 bits per heavy atom. The van der Waals surface area contributed by atoms with Gasteiger partial charge in [0.1, 0.15) is 5.60 Å². The summed E-state index contributed by atoms with van der Waals surface area (Å²) in [5.41, 5.74) is -0.991. The molecule has 0 aliphatic heterocycles. The largest absolute Gasteiger partial charge is 0.471 e. The van der Waals surface area contributed by atoms with E-state index in [1.807, 2.05) is 0 Å². The first kappa shape index (κ1) is 18.4. The molecule has 5 nitrogen and oxygen atoms in total. The van der Waals surface area contributed by atoms with Crippen molar-refractivity contribution in [1.29, 1.82) is 0 Å². The lowest BCUT2D eigenvalue weighted by Crippen LogP contribution is -2.53. The molecular formula is C12H18F3NO4. The van der Waals surface area contributed by atoms with E-state index in [0.717, 1.165) is 0 Å². The molecular weight excluding hydrogens is 279 g/mol. The summed E-state index contributed by atoms with van der Waals surface area (Å²) < 4.78 is 41.4. The fraction of sp³-hybridized carbons (Fsp3) is 0.750. The standard InChI is InChI=1S/C12H18F3NO4/c1-6(2)8(17)7(9(18)20-11(3,4)5)16-10(19)12(13,14)15/h6-7H,1-5H3,(H,16,19). The van der Waals surface area contributed by atoms with Crippen LogP contribution in [0.4, 0.5) is 13.2 Å². The van der Waals surface area contributed by atoms with Crippen molar-refractivity contribution in [2.45, 2.75) is 52.4 Å². The molecule has 0 saturated heterocycles. The predicted octanol–water partition coefficient (Wildman–Crippen LogP) is 1.60. The van der Waals surface area contributed by atoms with Crippen LogP contribution in [0, 0.1) is 5.92 Å². The number of alkyl halides is 3. The van der Waals surface area contributed by atoms with Crippen molar-refractivity contribution in [2.24, 2.45) is 5.92 Å². The minimum atomic E-state index is -5.18. The van der Waals surface area contributed by atoms with E-state index < -0.39 is 41.4 Å². The van der Waals surface area contributed by atoms with Crippen molar-refractivity contribution >= 4 is 17.7 Å². The molecule has 0 aromatic carbocycles. The van der Waals surface area contributed by atoms with Crippen LogP contribution >= 0.6 is 0 Å². The van der Waals surface area contributed by atoms with Gasteiger partial charge in [0.2, 0.25) is 0 Å². The molecule has 0 heterocycles. The van der Waals surface area contributed by atoms with Crippen LogP contribution in [0.3, 0.4) is 0 Å². The molecule has 0 radical (unpaired) electrons. The second-order valence-electron chi connectivity index (χ2n) is 5.49. The summed E-state index contributed by atoms with van der Waals surface area (Å²) in [6.07, 6.45) is -5.18.